The van der Waals surface area contributed by atoms with E-state index in [1.165, 1.54) is 12.1 Å². The topological polar surface area (TPSA) is 38.3 Å². The molecule has 0 atom stereocenters. The second kappa shape index (κ2) is 7.50. The maximum atomic E-state index is 13.0. The molecule has 0 saturated carbocycles. The van der Waals surface area contributed by atoms with Crippen LogP contribution >= 0.6 is 15.9 Å². The lowest BCUT2D eigenvalue weighted by Crippen LogP contribution is -2.25. The molecule has 23 heavy (non-hydrogen) atoms. The molecule has 7 heteroatoms. The van der Waals surface area contributed by atoms with Crippen LogP contribution in [-0.2, 0) is 24.1 Å². The fourth-order valence-corrected chi connectivity index (χ4v) is 2.44. The van der Waals surface area contributed by atoms with Crippen LogP contribution in [0.3, 0.4) is 0 Å². The van der Waals surface area contributed by atoms with Crippen LogP contribution in [0.15, 0.2) is 53.0 Å². The number of ether oxygens (including phenoxy) is 1. The number of alkyl carbamates (subject to hydrolysis) is 1. The van der Waals surface area contributed by atoms with Gasteiger partial charge in [0.1, 0.15) is 6.61 Å². The van der Waals surface area contributed by atoms with Gasteiger partial charge in [-0.1, -0.05) is 52.3 Å². The Kier molecular flexibility index (Phi) is 5.65. The number of hydrogen-bond donors (Lipinski definition) is 1. The van der Waals surface area contributed by atoms with Crippen LogP contribution in [0.2, 0.25) is 0 Å². The van der Waals surface area contributed by atoms with Crippen molar-refractivity contribution < 1.29 is 22.7 Å². The number of carbonyl (C=O) groups excluding carboxylic acids is 1. The Labute approximate surface area is 139 Å². The number of halogens is 4. The standard InChI is InChI=1S/C16H13BrF3NO2/c17-14-8-4-7-13(16(18,19)20)12(14)9-21-15(22)23-10-11-5-2-1-3-6-11/h1-8H,9-10H2,(H,21,22). The van der Waals surface area contributed by atoms with Gasteiger partial charge in [0.05, 0.1) is 5.56 Å². The molecule has 0 saturated heterocycles. The maximum absolute atomic E-state index is 13.0. The number of alkyl halides is 3. The summed E-state index contributed by atoms with van der Waals surface area (Å²) in [4.78, 5) is 11.6. The van der Waals surface area contributed by atoms with Gasteiger partial charge in [0, 0.05) is 11.0 Å². The van der Waals surface area contributed by atoms with Gasteiger partial charge in [0.25, 0.3) is 0 Å². The molecule has 0 radical (unpaired) electrons. The zero-order valence-corrected chi connectivity index (χ0v) is 13.4. The highest BCUT2D eigenvalue weighted by molar-refractivity contribution is 9.10. The van der Waals surface area contributed by atoms with Gasteiger partial charge in [-0.3, -0.25) is 0 Å². The summed E-state index contributed by atoms with van der Waals surface area (Å²) in [5, 5.41) is 2.33. The van der Waals surface area contributed by atoms with Gasteiger partial charge in [-0.25, -0.2) is 4.79 Å². The van der Waals surface area contributed by atoms with Crippen molar-refractivity contribution in [3.63, 3.8) is 0 Å². The zero-order valence-electron chi connectivity index (χ0n) is 11.9. The lowest BCUT2D eigenvalue weighted by molar-refractivity contribution is -0.138. The van der Waals surface area contributed by atoms with Gasteiger partial charge >= 0.3 is 12.3 Å². The van der Waals surface area contributed by atoms with E-state index in [-0.39, 0.29) is 23.2 Å². The van der Waals surface area contributed by atoms with Crippen molar-refractivity contribution in [3.05, 3.63) is 69.7 Å². The van der Waals surface area contributed by atoms with Crippen molar-refractivity contribution in [1.82, 2.24) is 5.32 Å². The highest BCUT2D eigenvalue weighted by atomic mass is 79.9. The fourth-order valence-electron chi connectivity index (χ4n) is 1.94. The highest BCUT2D eigenvalue weighted by Crippen LogP contribution is 2.34. The summed E-state index contributed by atoms with van der Waals surface area (Å²) in [6, 6.07) is 12.7. The molecule has 0 bridgehead atoms. The Morgan fingerprint density at radius 1 is 1.09 bits per heavy atom. The van der Waals surface area contributed by atoms with E-state index in [0.717, 1.165) is 11.6 Å². The number of carbonyl (C=O) groups is 1. The van der Waals surface area contributed by atoms with Gasteiger partial charge in [0.15, 0.2) is 0 Å². The minimum absolute atomic E-state index is 0.0448. The molecular formula is C16H13BrF3NO2. The molecule has 122 valence electrons. The largest absolute Gasteiger partial charge is 0.445 e. The zero-order chi connectivity index (χ0) is 16.9. The average molecular weight is 388 g/mol. The minimum Gasteiger partial charge on any atom is -0.445 e. The van der Waals surface area contributed by atoms with Crippen LogP contribution < -0.4 is 5.32 Å². The average Bonchev–Trinajstić information content (AvgIpc) is 2.51. The predicted molar refractivity (Wildman–Crippen MR) is 82.6 cm³/mol. The molecule has 3 nitrogen and oxygen atoms in total. The quantitative estimate of drug-likeness (QED) is 0.810. The first-order valence-corrected chi connectivity index (χ1v) is 7.46. The summed E-state index contributed by atoms with van der Waals surface area (Å²) in [5.41, 5.74) is -0.0496. The van der Waals surface area contributed by atoms with E-state index in [2.05, 4.69) is 21.2 Å². The van der Waals surface area contributed by atoms with Gasteiger partial charge in [-0.2, -0.15) is 13.2 Å². The molecule has 0 spiro atoms. The first-order chi connectivity index (χ1) is 10.9. The first-order valence-electron chi connectivity index (χ1n) is 6.67. The van der Waals surface area contributed by atoms with Crippen molar-refractivity contribution in [3.8, 4) is 0 Å². The molecule has 0 fully saturated rings. The Bertz CT molecular complexity index is 675. The van der Waals surface area contributed by atoms with Gasteiger partial charge in [-0.15, -0.1) is 0 Å². The van der Waals surface area contributed by atoms with Crippen LogP contribution in [0.4, 0.5) is 18.0 Å². The van der Waals surface area contributed by atoms with Crippen LogP contribution in [0.5, 0.6) is 0 Å². The number of nitrogens with one attached hydrogen (secondary N) is 1. The predicted octanol–water partition coefficient (Wildman–Crippen LogP) is 4.89. The van der Waals surface area contributed by atoms with Crippen molar-refractivity contribution in [2.24, 2.45) is 0 Å². The SMILES string of the molecule is O=C(NCc1c(Br)cccc1C(F)(F)F)OCc1ccccc1. The number of amides is 1. The maximum Gasteiger partial charge on any atom is 0.416 e. The number of hydrogen-bond acceptors (Lipinski definition) is 2. The molecule has 1 N–H and O–H groups in total. The third-order valence-corrected chi connectivity index (χ3v) is 3.79. The number of benzene rings is 2. The molecule has 0 heterocycles. The van der Waals surface area contributed by atoms with Crippen molar-refractivity contribution in [2.45, 2.75) is 19.3 Å². The number of rotatable bonds is 4. The van der Waals surface area contributed by atoms with E-state index in [4.69, 9.17) is 4.74 Å². The molecular weight excluding hydrogens is 375 g/mol. The third-order valence-electron chi connectivity index (χ3n) is 3.05. The molecule has 0 aliphatic rings. The molecule has 0 aromatic heterocycles. The molecule has 0 aliphatic heterocycles. The van der Waals surface area contributed by atoms with E-state index in [9.17, 15) is 18.0 Å². The Morgan fingerprint density at radius 3 is 2.43 bits per heavy atom. The van der Waals surface area contributed by atoms with Gasteiger partial charge < -0.3 is 10.1 Å². The van der Waals surface area contributed by atoms with E-state index >= 15 is 0 Å². The normalized spacial score (nSPS) is 11.1. The van der Waals surface area contributed by atoms with E-state index in [0.29, 0.717) is 0 Å². The lowest BCUT2D eigenvalue weighted by Gasteiger charge is -2.15. The van der Waals surface area contributed by atoms with E-state index < -0.39 is 17.8 Å². The van der Waals surface area contributed by atoms with Crippen LogP contribution in [0.1, 0.15) is 16.7 Å². The minimum atomic E-state index is -4.49. The summed E-state index contributed by atoms with van der Waals surface area (Å²) >= 11 is 3.07. The first kappa shape index (κ1) is 17.3. The van der Waals surface area contributed by atoms with Crippen LogP contribution in [0.25, 0.3) is 0 Å². The Hall–Kier alpha value is -2.02. The van der Waals surface area contributed by atoms with Gasteiger partial charge in [0.2, 0.25) is 0 Å². The van der Waals surface area contributed by atoms with Crippen molar-refractivity contribution >= 4 is 22.0 Å². The summed E-state index contributed by atoms with van der Waals surface area (Å²) in [6.07, 6.45) is -5.27. The summed E-state index contributed by atoms with van der Waals surface area (Å²) < 4.78 is 44.1. The molecule has 2 aromatic carbocycles. The van der Waals surface area contributed by atoms with Crippen molar-refractivity contribution in [2.75, 3.05) is 0 Å². The van der Waals surface area contributed by atoms with E-state index in [1.807, 2.05) is 6.07 Å². The molecule has 2 aromatic rings. The Balaban J connectivity index is 1.97. The molecule has 1 amide bonds. The summed E-state index contributed by atoms with van der Waals surface area (Å²) in [6.45, 7) is -0.237. The lowest BCUT2D eigenvalue weighted by atomic mass is 10.1. The molecule has 0 aliphatic carbocycles. The summed E-state index contributed by atoms with van der Waals surface area (Å²) in [5.74, 6) is 0. The molecule has 2 rings (SSSR count). The van der Waals surface area contributed by atoms with Crippen molar-refractivity contribution in [1.29, 1.82) is 0 Å². The third kappa shape index (κ3) is 4.99. The highest BCUT2D eigenvalue weighted by Gasteiger charge is 2.33. The summed E-state index contributed by atoms with van der Waals surface area (Å²) in [7, 11) is 0. The van der Waals surface area contributed by atoms with Crippen LogP contribution in [0, 0.1) is 0 Å². The Morgan fingerprint density at radius 2 is 1.78 bits per heavy atom. The smallest absolute Gasteiger partial charge is 0.416 e. The van der Waals surface area contributed by atoms with E-state index in [1.54, 1.807) is 24.3 Å². The monoisotopic (exact) mass is 387 g/mol. The fraction of sp³-hybridized carbons (Fsp3) is 0.188. The second-order valence-electron chi connectivity index (χ2n) is 4.68. The second-order valence-corrected chi connectivity index (χ2v) is 5.53. The molecule has 0 unspecified atom stereocenters. The van der Waals surface area contributed by atoms with Gasteiger partial charge in [-0.05, 0) is 23.3 Å². The van der Waals surface area contributed by atoms with Crippen LogP contribution in [-0.4, -0.2) is 6.09 Å².